The first-order valence-corrected chi connectivity index (χ1v) is 15.9. The molecular weight excluding hydrogens is 708 g/mol. The third-order valence-electron chi connectivity index (χ3n) is 9.45. The molecule has 53 heavy (non-hydrogen) atoms. The van der Waals surface area contributed by atoms with Crippen molar-refractivity contribution >= 4 is 23.5 Å². The Labute approximate surface area is 296 Å². The molecule has 4 aliphatic rings. The van der Waals surface area contributed by atoms with Crippen LogP contribution in [-0.2, 0) is 30.2 Å². The lowest BCUT2D eigenvalue weighted by atomic mass is 9.70. The Balaban J connectivity index is 1.18. The fourth-order valence-corrected chi connectivity index (χ4v) is 6.74. The highest BCUT2D eigenvalue weighted by atomic mass is 16.7. The normalized spacial score (nSPS) is 28.6. The summed E-state index contributed by atoms with van der Waals surface area (Å²) in [6.45, 7) is -0.922. The van der Waals surface area contributed by atoms with E-state index in [0.29, 0.717) is 18.6 Å². The standard InChI is InChI=1S/C35H30O18/c36-17(7-6-13-4-2-1-3-5-13)24-18(37)8-14(9-19(24)38)50-33-28(43)27(42)29-21(51-33)12-49-31(44)16-11-22(40)35(48)34(46,47)25(16)23-15(32(45)52-29)10-20(39)26(41)30(23)53-35/h1-5,8-11,21,25,27-29,33,37-39,41-43,46-48H,6-7,12H2. The number of phenols is 4. The van der Waals surface area contributed by atoms with Crippen LogP contribution in [0, 0.1) is 0 Å². The third-order valence-corrected chi connectivity index (χ3v) is 9.45. The molecule has 0 aromatic heterocycles. The van der Waals surface area contributed by atoms with Crippen LogP contribution in [0.3, 0.4) is 0 Å². The van der Waals surface area contributed by atoms with Crippen LogP contribution in [0.5, 0.6) is 34.5 Å². The van der Waals surface area contributed by atoms with Crippen LogP contribution < -0.4 is 9.47 Å². The van der Waals surface area contributed by atoms with E-state index in [-0.39, 0.29) is 12.2 Å². The average Bonchev–Trinajstić information content (AvgIpc) is 3.11. The number of hydrogen-bond acceptors (Lipinski definition) is 18. The minimum Gasteiger partial charge on any atom is -0.507 e. The van der Waals surface area contributed by atoms with Crippen LogP contribution in [0.2, 0.25) is 0 Å². The second-order valence-corrected chi connectivity index (χ2v) is 12.8. The summed E-state index contributed by atoms with van der Waals surface area (Å²) in [6, 6.07) is 11.5. The summed E-state index contributed by atoms with van der Waals surface area (Å²) in [5, 5.41) is 97.3. The zero-order chi connectivity index (χ0) is 38.1. The number of phenolic OH excluding ortho intramolecular Hbond substituents is 4. The van der Waals surface area contributed by atoms with Crippen molar-refractivity contribution in [3.05, 3.63) is 82.4 Å². The number of aryl methyl sites for hydroxylation is 1. The number of carbonyl (C=O) groups is 4. The topological polar surface area (TPSA) is 296 Å². The Morgan fingerprint density at radius 2 is 1.57 bits per heavy atom. The predicted molar refractivity (Wildman–Crippen MR) is 169 cm³/mol. The quantitative estimate of drug-likeness (QED) is 0.0653. The largest absolute Gasteiger partial charge is 0.507 e. The number of cyclic esters (lactones) is 1. The number of ether oxygens (including phenoxy) is 5. The van der Waals surface area contributed by atoms with Crippen molar-refractivity contribution in [1.82, 2.24) is 0 Å². The molecule has 2 bridgehead atoms. The number of fused-ring (bicyclic) bond motifs is 2. The molecule has 1 saturated heterocycles. The minimum absolute atomic E-state index is 0.0631. The molecule has 1 fully saturated rings. The molecule has 0 amide bonds. The molecule has 18 nitrogen and oxygen atoms in total. The molecule has 3 heterocycles. The lowest BCUT2D eigenvalue weighted by molar-refractivity contribution is -0.339. The molecule has 1 aliphatic carbocycles. The molecule has 9 N–H and O–H groups in total. The van der Waals surface area contributed by atoms with E-state index >= 15 is 0 Å². The molecule has 7 atom stereocenters. The van der Waals surface area contributed by atoms with Crippen molar-refractivity contribution in [3.8, 4) is 34.5 Å². The van der Waals surface area contributed by atoms with Gasteiger partial charge in [0.15, 0.2) is 23.4 Å². The number of rotatable bonds is 6. The summed E-state index contributed by atoms with van der Waals surface area (Å²) in [6.07, 6.45) is -8.91. The number of esters is 2. The molecule has 0 radical (unpaired) electrons. The number of aliphatic hydroxyl groups excluding tert-OH is 2. The molecule has 0 saturated carbocycles. The summed E-state index contributed by atoms with van der Waals surface area (Å²) in [5.41, 5.74) is -1.94. The van der Waals surface area contributed by atoms with Gasteiger partial charge in [0.2, 0.25) is 17.8 Å². The maximum atomic E-state index is 13.7. The van der Waals surface area contributed by atoms with E-state index in [0.717, 1.165) is 17.7 Å². The maximum absolute atomic E-state index is 13.7. The summed E-state index contributed by atoms with van der Waals surface area (Å²) >= 11 is 0. The Kier molecular flexibility index (Phi) is 8.56. The van der Waals surface area contributed by atoms with Crippen molar-refractivity contribution in [2.24, 2.45) is 0 Å². The van der Waals surface area contributed by atoms with Crippen molar-refractivity contribution in [1.29, 1.82) is 0 Å². The zero-order valence-corrected chi connectivity index (χ0v) is 27.0. The van der Waals surface area contributed by atoms with Crippen LogP contribution in [0.25, 0.3) is 0 Å². The van der Waals surface area contributed by atoms with E-state index in [1.165, 1.54) is 0 Å². The van der Waals surface area contributed by atoms with Crippen LogP contribution >= 0.6 is 0 Å². The molecule has 3 aromatic rings. The van der Waals surface area contributed by atoms with Gasteiger partial charge in [-0.3, -0.25) is 9.59 Å². The molecular formula is C35H30O18. The third kappa shape index (κ3) is 5.68. The number of aromatic hydroxyl groups is 4. The van der Waals surface area contributed by atoms with Gasteiger partial charge in [-0.1, -0.05) is 30.3 Å². The van der Waals surface area contributed by atoms with Crippen molar-refractivity contribution in [3.63, 3.8) is 0 Å². The monoisotopic (exact) mass is 738 g/mol. The molecule has 278 valence electrons. The first-order chi connectivity index (χ1) is 25.0. The molecule has 3 aromatic carbocycles. The Hall–Kier alpha value is -5.76. The molecule has 7 rings (SSSR count). The number of aliphatic hydroxyl groups is 5. The summed E-state index contributed by atoms with van der Waals surface area (Å²) in [4.78, 5) is 52.9. The van der Waals surface area contributed by atoms with Gasteiger partial charge in [0.25, 0.3) is 5.79 Å². The molecule has 7 unspecified atom stereocenters. The van der Waals surface area contributed by atoms with E-state index in [1.54, 1.807) is 24.3 Å². The maximum Gasteiger partial charge on any atom is 0.339 e. The summed E-state index contributed by atoms with van der Waals surface area (Å²) < 4.78 is 27.1. The fourth-order valence-electron chi connectivity index (χ4n) is 6.74. The second kappa shape index (κ2) is 12.7. The Morgan fingerprint density at radius 3 is 2.25 bits per heavy atom. The minimum atomic E-state index is -3.68. The van der Waals surface area contributed by atoms with E-state index in [2.05, 4.69) is 0 Å². The predicted octanol–water partition coefficient (Wildman–Crippen LogP) is -0.713. The second-order valence-electron chi connectivity index (χ2n) is 12.8. The van der Waals surface area contributed by atoms with Gasteiger partial charge in [0.1, 0.15) is 47.7 Å². The lowest BCUT2D eigenvalue weighted by Crippen LogP contribution is -2.70. The highest BCUT2D eigenvalue weighted by molar-refractivity contribution is 6.08. The van der Waals surface area contributed by atoms with Crippen molar-refractivity contribution in [2.75, 3.05) is 6.61 Å². The highest BCUT2D eigenvalue weighted by Crippen LogP contribution is 2.58. The first kappa shape index (κ1) is 35.6. The van der Waals surface area contributed by atoms with E-state index in [9.17, 15) is 65.1 Å². The Morgan fingerprint density at radius 1 is 0.887 bits per heavy atom. The van der Waals surface area contributed by atoms with Crippen molar-refractivity contribution in [2.45, 2.75) is 61.0 Å². The number of Topliss-reactive ketones (excluding diaryl/α,β-unsaturated/α-hetero) is 1. The van der Waals surface area contributed by atoms with Gasteiger partial charge in [-0.05, 0) is 24.1 Å². The van der Waals surface area contributed by atoms with Gasteiger partial charge in [-0.2, -0.15) is 0 Å². The van der Waals surface area contributed by atoms with Gasteiger partial charge >= 0.3 is 17.7 Å². The molecule has 3 aliphatic heterocycles. The van der Waals surface area contributed by atoms with Gasteiger partial charge in [-0.25, -0.2) is 9.59 Å². The number of hydrogen-bond donors (Lipinski definition) is 9. The summed E-state index contributed by atoms with van der Waals surface area (Å²) in [7, 11) is 0. The average molecular weight is 739 g/mol. The number of benzene rings is 3. The lowest BCUT2D eigenvalue weighted by Gasteiger charge is -2.49. The van der Waals surface area contributed by atoms with Crippen LogP contribution in [0.4, 0.5) is 0 Å². The van der Waals surface area contributed by atoms with Gasteiger partial charge in [0, 0.05) is 24.1 Å². The van der Waals surface area contributed by atoms with Crippen LogP contribution in [0.1, 0.15) is 44.2 Å². The smallest absolute Gasteiger partial charge is 0.339 e. The number of ketones is 2. The van der Waals surface area contributed by atoms with Gasteiger partial charge < -0.3 is 69.6 Å². The van der Waals surface area contributed by atoms with E-state index < -0.39 is 129 Å². The highest BCUT2D eigenvalue weighted by Gasteiger charge is 2.70. The van der Waals surface area contributed by atoms with Gasteiger partial charge in [-0.15, -0.1) is 0 Å². The SMILES string of the molecule is O=C1OCC2OC(Oc3cc(O)c(C(=O)CCc4ccccc4)c(O)c3)C(O)C(O)C2OC(=O)c2cc(O)c(O)c3c2C2C1=CC(=O)C(O)(O3)C2(O)O. The zero-order valence-electron chi connectivity index (χ0n) is 27.0. The van der Waals surface area contributed by atoms with Crippen LogP contribution in [0.15, 0.2) is 60.2 Å². The fraction of sp³-hybridized carbons (Fsp3) is 0.314. The van der Waals surface area contributed by atoms with Crippen molar-refractivity contribution < 1.29 is 88.8 Å². The van der Waals surface area contributed by atoms with Crippen LogP contribution in [-0.4, -0.2) is 118 Å². The first-order valence-electron chi connectivity index (χ1n) is 15.9. The Bertz CT molecular complexity index is 2050. The van der Waals surface area contributed by atoms with Gasteiger partial charge in [0.05, 0.1) is 17.1 Å². The van der Waals surface area contributed by atoms with E-state index in [1.807, 2.05) is 6.07 Å². The van der Waals surface area contributed by atoms with E-state index in [4.69, 9.17) is 23.7 Å². The summed E-state index contributed by atoms with van der Waals surface area (Å²) in [5.74, 6) is -19.5. The number of carbonyl (C=O) groups excluding carboxylic acids is 4. The molecule has 18 heteroatoms. The molecule has 0 spiro atoms.